The molecule has 0 bridgehead atoms. The fraction of sp³-hybridized carbons (Fsp3) is 1.00. The van der Waals surface area contributed by atoms with E-state index in [1.807, 2.05) is 0 Å². The van der Waals surface area contributed by atoms with E-state index >= 15 is 0 Å². The van der Waals surface area contributed by atoms with E-state index in [0.717, 1.165) is 24.9 Å². The molecular weight excluding hydrogens is 222 g/mol. The Morgan fingerprint density at radius 3 is 2.22 bits per heavy atom. The first-order valence-corrected chi connectivity index (χ1v) is 8.09. The van der Waals surface area contributed by atoms with Crippen molar-refractivity contribution in [2.75, 3.05) is 13.1 Å². The number of aliphatic hydroxyl groups excluding tert-OH is 1. The van der Waals surface area contributed by atoms with Gasteiger partial charge in [0.05, 0.1) is 6.10 Å². The van der Waals surface area contributed by atoms with E-state index in [1.165, 1.54) is 51.5 Å². The van der Waals surface area contributed by atoms with E-state index in [4.69, 9.17) is 0 Å². The van der Waals surface area contributed by atoms with Crippen molar-refractivity contribution < 1.29 is 5.11 Å². The third kappa shape index (κ3) is 3.96. The van der Waals surface area contributed by atoms with E-state index in [9.17, 15) is 5.11 Å². The summed E-state index contributed by atoms with van der Waals surface area (Å²) >= 11 is 0. The van der Waals surface area contributed by atoms with Gasteiger partial charge in [0.15, 0.2) is 0 Å². The van der Waals surface area contributed by atoms with Crippen LogP contribution in [0.2, 0.25) is 0 Å². The molecule has 2 aliphatic rings. The van der Waals surface area contributed by atoms with Crippen LogP contribution >= 0.6 is 0 Å². The Hall–Kier alpha value is -0.0800. The fourth-order valence-electron chi connectivity index (χ4n) is 3.81. The van der Waals surface area contributed by atoms with Crippen molar-refractivity contribution in [2.45, 2.75) is 77.4 Å². The van der Waals surface area contributed by atoms with E-state index in [2.05, 4.69) is 18.7 Å². The molecule has 0 heterocycles. The molecule has 2 atom stereocenters. The molecule has 0 spiro atoms. The van der Waals surface area contributed by atoms with Gasteiger partial charge in [-0.1, -0.05) is 39.5 Å². The van der Waals surface area contributed by atoms with Crippen molar-refractivity contribution in [1.82, 2.24) is 4.90 Å². The van der Waals surface area contributed by atoms with Crippen LogP contribution in [0.3, 0.4) is 0 Å². The quantitative estimate of drug-likeness (QED) is 0.811. The average molecular weight is 253 g/mol. The molecule has 0 aromatic heterocycles. The number of aliphatic hydroxyl groups is 1. The van der Waals surface area contributed by atoms with E-state index in [-0.39, 0.29) is 6.10 Å². The Morgan fingerprint density at radius 1 is 1.00 bits per heavy atom. The lowest BCUT2D eigenvalue weighted by Crippen LogP contribution is -2.43. The topological polar surface area (TPSA) is 23.5 Å². The summed E-state index contributed by atoms with van der Waals surface area (Å²) in [5.41, 5.74) is 0. The predicted octanol–water partition coefficient (Wildman–Crippen LogP) is 3.44. The standard InChI is InChI=1S/C16H31NO/c1-13(2)11-17(15-8-4-5-9-15)12-14-7-3-6-10-16(14)18/h13-16,18H,3-12H2,1-2H3. The molecule has 2 rings (SSSR count). The summed E-state index contributed by atoms with van der Waals surface area (Å²) in [6.07, 6.45) is 10.4. The molecule has 2 heteroatoms. The van der Waals surface area contributed by atoms with E-state index in [0.29, 0.717) is 5.92 Å². The van der Waals surface area contributed by atoms with Crippen molar-refractivity contribution in [3.63, 3.8) is 0 Å². The minimum Gasteiger partial charge on any atom is -0.393 e. The van der Waals surface area contributed by atoms with Crippen LogP contribution < -0.4 is 0 Å². The van der Waals surface area contributed by atoms with Crippen molar-refractivity contribution in [1.29, 1.82) is 0 Å². The predicted molar refractivity (Wildman–Crippen MR) is 76.6 cm³/mol. The van der Waals surface area contributed by atoms with Crippen molar-refractivity contribution in [3.8, 4) is 0 Å². The van der Waals surface area contributed by atoms with Crippen molar-refractivity contribution in [2.24, 2.45) is 11.8 Å². The third-order valence-corrected chi connectivity index (χ3v) is 4.78. The molecule has 2 saturated carbocycles. The van der Waals surface area contributed by atoms with Gasteiger partial charge in [-0.25, -0.2) is 0 Å². The van der Waals surface area contributed by atoms with Gasteiger partial charge < -0.3 is 5.11 Å². The van der Waals surface area contributed by atoms with Gasteiger partial charge in [0.25, 0.3) is 0 Å². The second kappa shape index (κ2) is 6.91. The summed E-state index contributed by atoms with van der Waals surface area (Å²) in [4.78, 5) is 2.71. The van der Waals surface area contributed by atoms with Gasteiger partial charge >= 0.3 is 0 Å². The molecule has 2 unspecified atom stereocenters. The second-order valence-corrected chi connectivity index (χ2v) is 6.90. The molecule has 18 heavy (non-hydrogen) atoms. The van der Waals surface area contributed by atoms with Crippen LogP contribution in [-0.4, -0.2) is 35.2 Å². The van der Waals surface area contributed by atoms with Gasteiger partial charge in [-0.15, -0.1) is 0 Å². The number of rotatable bonds is 5. The van der Waals surface area contributed by atoms with Crippen molar-refractivity contribution >= 4 is 0 Å². The molecule has 2 nitrogen and oxygen atoms in total. The molecule has 0 radical (unpaired) electrons. The van der Waals surface area contributed by atoms with Gasteiger partial charge in [-0.2, -0.15) is 0 Å². The first-order valence-electron chi connectivity index (χ1n) is 8.09. The zero-order valence-corrected chi connectivity index (χ0v) is 12.3. The minimum atomic E-state index is -0.0326. The largest absolute Gasteiger partial charge is 0.393 e. The maximum absolute atomic E-state index is 10.2. The number of hydrogen-bond donors (Lipinski definition) is 1. The Kier molecular flexibility index (Phi) is 5.50. The van der Waals surface area contributed by atoms with Crippen LogP contribution in [0.25, 0.3) is 0 Å². The molecule has 0 amide bonds. The number of nitrogens with zero attached hydrogens (tertiary/aromatic N) is 1. The highest BCUT2D eigenvalue weighted by molar-refractivity contribution is 4.83. The van der Waals surface area contributed by atoms with Crippen LogP contribution in [0.5, 0.6) is 0 Å². The van der Waals surface area contributed by atoms with E-state index < -0.39 is 0 Å². The lowest BCUT2D eigenvalue weighted by Gasteiger charge is -2.37. The maximum atomic E-state index is 10.2. The lowest BCUT2D eigenvalue weighted by molar-refractivity contribution is 0.0331. The molecule has 106 valence electrons. The Balaban J connectivity index is 1.90. The Bertz CT molecular complexity index is 235. The Labute approximate surface area is 113 Å². The zero-order chi connectivity index (χ0) is 13.0. The first-order chi connectivity index (χ1) is 8.66. The van der Waals surface area contributed by atoms with Gasteiger partial charge in [-0.05, 0) is 37.5 Å². The summed E-state index contributed by atoms with van der Waals surface area (Å²) in [5, 5.41) is 10.2. The average Bonchev–Trinajstić information content (AvgIpc) is 2.84. The van der Waals surface area contributed by atoms with Gasteiger partial charge in [0.1, 0.15) is 0 Å². The van der Waals surface area contributed by atoms with Gasteiger partial charge in [0.2, 0.25) is 0 Å². The first kappa shape index (κ1) is 14.3. The van der Waals surface area contributed by atoms with Crippen LogP contribution in [0.15, 0.2) is 0 Å². The summed E-state index contributed by atoms with van der Waals surface area (Å²) in [7, 11) is 0. The van der Waals surface area contributed by atoms with Crippen LogP contribution in [-0.2, 0) is 0 Å². The summed E-state index contributed by atoms with van der Waals surface area (Å²) in [5.74, 6) is 1.28. The molecular formula is C16H31NO. The van der Waals surface area contributed by atoms with Crippen molar-refractivity contribution in [3.05, 3.63) is 0 Å². The summed E-state index contributed by atoms with van der Waals surface area (Å²) in [6.45, 7) is 7.00. The SMILES string of the molecule is CC(C)CN(CC1CCCCC1O)C1CCCC1. The second-order valence-electron chi connectivity index (χ2n) is 6.90. The normalized spacial score (nSPS) is 30.5. The smallest absolute Gasteiger partial charge is 0.0580 e. The molecule has 2 aliphatic carbocycles. The highest BCUT2D eigenvalue weighted by Crippen LogP contribution is 2.29. The lowest BCUT2D eigenvalue weighted by atomic mass is 9.85. The van der Waals surface area contributed by atoms with E-state index in [1.54, 1.807) is 0 Å². The van der Waals surface area contributed by atoms with Crippen LogP contribution in [0, 0.1) is 11.8 Å². The summed E-state index contributed by atoms with van der Waals surface area (Å²) in [6, 6.07) is 0.807. The molecule has 1 N–H and O–H groups in total. The monoisotopic (exact) mass is 253 g/mol. The maximum Gasteiger partial charge on any atom is 0.0580 e. The third-order valence-electron chi connectivity index (χ3n) is 4.78. The zero-order valence-electron chi connectivity index (χ0n) is 12.3. The van der Waals surface area contributed by atoms with Crippen LogP contribution in [0.4, 0.5) is 0 Å². The van der Waals surface area contributed by atoms with Gasteiger partial charge in [-0.3, -0.25) is 4.90 Å². The fourth-order valence-corrected chi connectivity index (χ4v) is 3.81. The molecule has 2 fully saturated rings. The number of hydrogen-bond acceptors (Lipinski definition) is 2. The van der Waals surface area contributed by atoms with Crippen LogP contribution in [0.1, 0.15) is 65.2 Å². The highest BCUT2D eigenvalue weighted by Gasteiger charge is 2.29. The molecule has 0 aliphatic heterocycles. The minimum absolute atomic E-state index is 0.0326. The molecule has 0 aromatic carbocycles. The molecule has 0 aromatic rings. The van der Waals surface area contributed by atoms with Gasteiger partial charge in [0, 0.05) is 19.1 Å². The summed E-state index contributed by atoms with van der Waals surface area (Å²) < 4.78 is 0. The molecule has 0 saturated heterocycles. The Morgan fingerprint density at radius 2 is 1.61 bits per heavy atom. The highest BCUT2D eigenvalue weighted by atomic mass is 16.3.